The number of ether oxygens (including phenoxy) is 1. The highest BCUT2D eigenvalue weighted by Gasteiger charge is 2.26. The van der Waals surface area contributed by atoms with Crippen molar-refractivity contribution in [2.45, 2.75) is 13.3 Å². The van der Waals surface area contributed by atoms with Crippen molar-refractivity contribution in [2.24, 2.45) is 5.92 Å². The Bertz CT molecular complexity index is 555. The maximum atomic E-state index is 12.7. The molecule has 5 nitrogen and oxygen atoms in total. The second-order valence-electron chi connectivity index (χ2n) is 5.54. The van der Waals surface area contributed by atoms with Crippen molar-refractivity contribution in [3.05, 3.63) is 34.3 Å². The Hall–Kier alpha value is -1.43. The first-order chi connectivity index (χ1) is 10.5. The van der Waals surface area contributed by atoms with Crippen LogP contribution in [0.25, 0.3) is 0 Å². The molecule has 1 aliphatic heterocycles. The summed E-state index contributed by atoms with van der Waals surface area (Å²) in [5.74, 6) is -1.66. The lowest BCUT2D eigenvalue weighted by molar-refractivity contribution is -0.138. The van der Waals surface area contributed by atoms with Crippen molar-refractivity contribution in [2.75, 3.05) is 32.8 Å². The van der Waals surface area contributed by atoms with E-state index < -0.39 is 11.9 Å². The maximum Gasteiger partial charge on any atom is 0.304 e. The van der Waals surface area contributed by atoms with Gasteiger partial charge in [-0.1, -0.05) is 11.6 Å². The molecule has 0 spiro atoms. The molecule has 0 aromatic heterocycles. The van der Waals surface area contributed by atoms with Crippen LogP contribution in [-0.2, 0) is 9.53 Å². The molecule has 1 atom stereocenters. The van der Waals surface area contributed by atoms with Crippen molar-refractivity contribution in [3.63, 3.8) is 0 Å². The van der Waals surface area contributed by atoms with Gasteiger partial charge in [0.1, 0.15) is 0 Å². The molecule has 1 aromatic rings. The van der Waals surface area contributed by atoms with Crippen LogP contribution in [0.2, 0.25) is 5.02 Å². The summed E-state index contributed by atoms with van der Waals surface area (Å²) in [6, 6.07) is 5.06. The minimum absolute atomic E-state index is 0.145. The number of carbonyl (C=O) groups is 2. The zero-order valence-electron chi connectivity index (χ0n) is 12.5. The summed E-state index contributed by atoms with van der Waals surface area (Å²) in [6.45, 7) is 4.96. The molecule has 1 fully saturated rings. The fraction of sp³-hybridized carbons (Fsp3) is 0.500. The zero-order chi connectivity index (χ0) is 16.1. The van der Waals surface area contributed by atoms with Crippen LogP contribution in [0.5, 0.6) is 0 Å². The molecule has 1 saturated heterocycles. The predicted octanol–water partition coefficient (Wildman–Crippen LogP) is 2.25. The Morgan fingerprint density at radius 1 is 1.36 bits per heavy atom. The van der Waals surface area contributed by atoms with Gasteiger partial charge >= 0.3 is 5.97 Å². The second kappa shape index (κ2) is 7.72. The molecule has 120 valence electrons. The van der Waals surface area contributed by atoms with Crippen molar-refractivity contribution < 1.29 is 19.4 Å². The van der Waals surface area contributed by atoms with Gasteiger partial charge in [-0.2, -0.15) is 0 Å². The normalized spacial score (nSPS) is 17.2. The zero-order valence-corrected chi connectivity index (χ0v) is 13.3. The molecule has 1 N–H and O–H groups in total. The Morgan fingerprint density at radius 2 is 2.05 bits per heavy atom. The van der Waals surface area contributed by atoms with Gasteiger partial charge in [-0.15, -0.1) is 0 Å². The molecular formula is C16H20ClNO4. The lowest BCUT2D eigenvalue weighted by atomic mass is 9.93. The van der Waals surface area contributed by atoms with Crippen molar-refractivity contribution in [1.29, 1.82) is 0 Å². The number of carbonyl (C=O) groups excluding carboxylic acids is 1. The van der Waals surface area contributed by atoms with Gasteiger partial charge in [0.15, 0.2) is 5.78 Å². The number of carboxylic acid groups (broad SMARTS) is 1. The topological polar surface area (TPSA) is 66.8 Å². The highest BCUT2D eigenvalue weighted by Crippen LogP contribution is 2.21. The standard InChI is InChI=1S/C16H20ClNO4/c1-11-8-12(2-3-14(11)17)16(21)13(9-15(19)20)10-18-4-6-22-7-5-18/h2-3,8,13H,4-7,9-10H2,1H3,(H,19,20). The Kier molecular flexibility index (Phi) is 5.94. The molecule has 0 radical (unpaired) electrons. The van der Waals surface area contributed by atoms with Crippen LogP contribution in [0.3, 0.4) is 0 Å². The number of carboxylic acids is 1. The summed E-state index contributed by atoms with van der Waals surface area (Å²) in [5.41, 5.74) is 1.33. The number of halogens is 1. The van der Waals surface area contributed by atoms with E-state index in [1.54, 1.807) is 18.2 Å². The summed E-state index contributed by atoms with van der Waals surface area (Å²) in [7, 11) is 0. The van der Waals surface area contributed by atoms with Crippen LogP contribution < -0.4 is 0 Å². The first kappa shape index (κ1) is 16.9. The highest BCUT2D eigenvalue weighted by atomic mass is 35.5. The largest absolute Gasteiger partial charge is 0.481 e. The van der Waals surface area contributed by atoms with Gasteiger partial charge in [-0.3, -0.25) is 14.5 Å². The minimum atomic E-state index is -0.961. The molecule has 1 heterocycles. The molecule has 1 unspecified atom stereocenters. The number of Topliss-reactive ketones (excluding diaryl/α,β-unsaturated/α-hetero) is 1. The van der Waals surface area contributed by atoms with E-state index in [9.17, 15) is 9.59 Å². The molecule has 22 heavy (non-hydrogen) atoms. The van der Waals surface area contributed by atoms with E-state index in [0.717, 1.165) is 18.7 Å². The van der Waals surface area contributed by atoms with Gasteiger partial charge in [0.2, 0.25) is 0 Å². The molecule has 6 heteroatoms. The fourth-order valence-corrected chi connectivity index (χ4v) is 2.70. The van der Waals surface area contributed by atoms with E-state index in [0.29, 0.717) is 30.3 Å². The van der Waals surface area contributed by atoms with Gasteiger partial charge in [0.25, 0.3) is 0 Å². The summed E-state index contributed by atoms with van der Waals surface area (Å²) < 4.78 is 5.28. The van der Waals surface area contributed by atoms with E-state index in [-0.39, 0.29) is 12.2 Å². The van der Waals surface area contributed by atoms with Crippen molar-refractivity contribution in [1.82, 2.24) is 4.90 Å². The lowest BCUT2D eigenvalue weighted by Gasteiger charge is -2.29. The fourth-order valence-electron chi connectivity index (χ4n) is 2.58. The van der Waals surface area contributed by atoms with E-state index in [1.807, 2.05) is 6.92 Å². The van der Waals surface area contributed by atoms with E-state index in [1.165, 1.54) is 0 Å². The van der Waals surface area contributed by atoms with Gasteiger partial charge in [-0.25, -0.2) is 0 Å². The number of hydrogen-bond donors (Lipinski definition) is 1. The number of morpholine rings is 1. The Morgan fingerprint density at radius 3 is 2.64 bits per heavy atom. The minimum Gasteiger partial charge on any atom is -0.481 e. The van der Waals surface area contributed by atoms with Gasteiger partial charge in [0, 0.05) is 36.1 Å². The summed E-state index contributed by atoms with van der Waals surface area (Å²) in [5, 5.41) is 9.69. The molecule has 2 rings (SSSR count). The lowest BCUT2D eigenvalue weighted by Crippen LogP contribution is -2.41. The summed E-state index contributed by atoms with van der Waals surface area (Å²) in [6.07, 6.45) is -0.169. The highest BCUT2D eigenvalue weighted by molar-refractivity contribution is 6.31. The summed E-state index contributed by atoms with van der Waals surface area (Å²) >= 11 is 5.98. The Labute approximate surface area is 134 Å². The van der Waals surface area contributed by atoms with E-state index in [2.05, 4.69) is 4.90 Å². The molecule has 0 aliphatic carbocycles. The molecule has 1 aromatic carbocycles. The molecule has 0 amide bonds. The maximum absolute atomic E-state index is 12.7. The number of rotatable bonds is 6. The quantitative estimate of drug-likeness (QED) is 0.813. The predicted molar refractivity (Wildman–Crippen MR) is 83.5 cm³/mol. The van der Waals surface area contributed by atoms with Crippen molar-refractivity contribution >= 4 is 23.4 Å². The number of aliphatic carboxylic acids is 1. The van der Waals surface area contributed by atoms with Gasteiger partial charge in [0.05, 0.1) is 19.6 Å². The average molecular weight is 326 g/mol. The Balaban J connectivity index is 2.13. The summed E-state index contributed by atoms with van der Waals surface area (Å²) in [4.78, 5) is 25.8. The number of nitrogens with zero attached hydrogens (tertiary/aromatic N) is 1. The van der Waals surface area contributed by atoms with E-state index >= 15 is 0 Å². The molecule has 0 bridgehead atoms. The monoisotopic (exact) mass is 325 g/mol. The molecule has 0 saturated carbocycles. The van der Waals surface area contributed by atoms with E-state index in [4.69, 9.17) is 21.4 Å². The van der Waals surface area contributed by atoms with Crippen LogP contribution in [0.1, 0.15) is 22.3 Å². The second-order valence-corrected chi connectivity index (χ2v) is 5.94. The first-order valence-electron chi connectivity index (χ1n) is 7.29. The number of benzene rings is 1. The number of aryl methyl sites for hydroxylation is 1. The van der Waals surface area contributed by atoms with Crippen LogP contribution in [0, 0.1) is 12.8 Å². The first-order valence-corrected chi connectivity index (χ1v) is 7.67. The van der Waals surface area contributed by atoms with Crippen LogP contribution in [0.4, 0.5) is 0 Å². The van der Waals surface area contributed by atoms with Crippen molar-refractivity contribution in [3.8, 4) is 0 Å². The third-order valence-electron chi connectivity index (χ3n) is 3.82. The molecule has 1 aliphatic rings. The average Bonchev–Trinajstić information content (AvgIpc) is 2.49. The third kappa shape index (κ3) is 4.53. The van der Waals surface area contributed by atoms with Gasteiger partial charge < -0.3 is 9.84 Å². The van der Waals surface area contributed by atoms with Crippen LogP contribution in [0.15, 0.2) is 18.2 Å². The van der Waals surface area contributed by atoms with Gasteiger partial charge in [-0.05, 0) is 30.7 Å². The van der Waals surface area contributed by atoms with Crippen LogP contribution >= 0.6 is 11.6 Å². The van der Waals surface area contributed by atoms with Crippen LogP contribution in [-0.4, -0.2) is 54.6 Å². The molecular weight excluding hydrogens is 306 g/mol. The number of ketones is 1. The SMILES string of the molecule is Cc1cc(C(=O)C(CC(=O)O)CN2CCOCC2)ccc1Cl. The third-order valence-corrected chi connectivity index (χ3v) is 4.24. The smallest absolute Gasteiger partial charge is 0.304 e. The number of hydrogen-bond acceptors (Lipinski definition) is 4.